The number of hydrogen-bond acceptors (Lipinski definition) is 7. The van der Waals surface area contributed by atoms with E-state index >= 15 is 0 Å². The highest BCUT2D eigenvalue weighted by Crippen LogP contribution is 2.69. The number of nitrogens with two attached hydrogens (primary N) is 3. The van der Waals surface area contributed by atoms with Crippen molar-refractivity contribution in [3.8, 4) is 0 Å². The summed E-state index contributed by atoms with van der Waals surface area (Å²) in [5.74, 6) is 3.92. The minimum absolute atomic E-state index is 0.183. The Labute approximate surface area is 296 Å². The number of hydrogen-bond donors (Lipinski definition) is 4. The fourth-order valence-electron chi connectivity index (χ4n) is 11.5. The third-order valence-electron chi connectivity index (χ3n) is 14.2. The number of unbranched alkanes of at least 4 members (excludes halogenated alkanes) is 5. The van der Waals surface area contributed by atoms with Crippen LogP contribution in [0.3, 0.4) is 0 Å². The lowest BCUT2D eigenvalue weighted by Crippen LogP contribution is -2.63. The number of rotatable bonds is 24. The van der Waals surface area contributed by atoms with Gasteiger partial charge in [-0.25, -0.2) is 0 Å². The molecule has 0 radical (unpaired) electrons. The molecule has 48 heavy (non-hydrogen) atoms. The van der Waals surface area contributed by atoms with Gasteiger partial charge in [0.1, 0.15) is 0 Å². The van der Waals surface area contributed by atoms with Gasteiger partial charge < -0.3 is 36.7 Å². The third kappa shape index (κ3) is 9.98. The van der Waals surface area contributed by atoms with Crippen LogP contribution >= 0.6 is 0 Å². The van der Waals surface area contributed by atoms with E-state index in [2.05, 4.69) is 33.0 Å². The zero-order valence-electron chi connectivity index (χ0n) is 32.0. The molecule has 7 heteroatoms. The molecule has 0 spiro atoms. The van der Waals surface area contributed by atoms with Crippen LogP contribution in [0.1, 0.15) is 143 Å². The highest BCUT2D eigenvalue weighted by Gasteiger charge is 2.66. The molecule has 4 fully saturated rings. The lowest BCUT2D eigenvalue weighted by Gasteiger charge is -2.65. The van der Waals surface area contributed by atoms with E-state index in [0.29, 0.717) is 78.9 Å². The summed E-state index contributed by atoms with van der Waals surface area (Å²) in [5.41, 5.74) is 18.3. The summed E-state index contributed by atoms with van der Waals surface area (Å²) in [6, 6.07) is 0. The Morgan fingerprint density at radius 2 is 1.38 bits per heavy atom. The van der Waals surface area contributed by atoms with Crippen molar-refractivity contribution in [1.29, 1.82) is 0 Å². The summed E-state index contributed by atoms with van der Waals surface area (Å²) < 4.78 is 20.4. The van der Waals surface area contributed by atoms with Gasteiger partial charge in [-0.2, -0.15) is 0 Å². The number of ether oxygens (including phenoxy) is 3. The minimum Gasteiger partial charge on any atom is -0.378 e. The summed E-state index contributed by atoms with van der Waals surface area (Å²) in [5, 5.41) is 3.77. The standard InChI is InChI=1S/C41H80N4O3/c1-5-6-7-8-9-10-23-45-24-11-15-31(2)34-16-17-35-39-36(30-38(41(34,35)4)48-27-14-22-44)40(3)19-18-33(46-25-12-20-42)28-32(40)29-37(39)47-26-13-21-43/h31-39,45H,5-30,42-44H2,1-4H3/t31-,32?,33-,34?,35+,36+,37-,38+,39?,40+,41-/m1/s1. The van der Waals surface area contributed by atoms with Crippen molar-refractivity contribution < 1.29 is 14.2 Å². The molecule has 0 aromatic rings. The lowest BCUT2D eigenvalue weighted by atomic mass is 9.43. The Bertz CT molecular complexity index is 879. The fraction of sp³-hybridized carbons (Fsp3) is 1.00. The van der Waals surface area contributed by atoms with Crippen molar-refractivity contribution in [2.75, 3.05) is 52.5 Å². The maximum Gasteiger partial charge on any atom is 0.0637 e. The summed E-state index contributed by atoms with van der Waals surface area (Å²) in [6.45, 7) is 17.0. The highest BCUT2D eigenvalue weighted by atomic mass is 16.5. The van der Waals surface area contributed by atoms with Gasteiger partial charge >= 0.3 is 0 Å². The molecule has 0 amide bonds. The van der Waals surface area contributed by atoms with Gasteiger partial charge in [0, 0.05) is 25.2 Å². The van der Waals surface area contributed by atoms with Crippen molar-refractivity contribution in [3.63, 3.8) is 0 Å². The summed E-state index contributed by atoms with van der Waals surface area (Å²) in [4.78, 5) is 0. The van der Waals surface area contributed by atoms with E-state index in [9.17, 15) is 0 Å². The normalized spacial score (nSPS) is 36.8. The molecule has 4 rings (SSSR count). The average Bonchev–Trinajstić information content (AvgIpc) is 3.44. The zero-order chi connectivity index (χ0) is 34.4. The van der Waals surface area contributed by atoms with Gasteiger partial charge in [0.15, 0.2) is 0 Å². The molecule has 0 bridgehead atoms. The van der Waals surface area contributed by atoms with Crippen molar-refractivity contribution >= 4 is 0 Å². The van der Waals surface area contributed by atoms with Crippen molar-refractivity contribution in [3.05, 3.63) is 0 Å². The van der Waals surface area contributed by atoms with Crippen LogP contribution < -0.4 is 22.5 Å². The molecule has 0 aromatic carbocycles. The first-order valence-electron chi connectivity index (χ1n) is 21.0. The number of fused-ring (bicyclic) bond motifs is 5. The highest BCUT2D eigenvalue weighted by molar-refractivity contribution is 5.15. The van der Waals surface area contributed by atoms with E-state index in [1.165, 1.54) is 96.4 Å². The van der Waals surface area contributed by atoms with Crippen molar-refractivity contribution in [2.45, 2.75) is 162 Å². The lowest BCUT2D eigenvalue weighted by molar-refractivity contribution is -0.227. The van der Waals surface area contributed by atoms with E-state index in [1.54, 1.807) is 0 Å². The first-order chi connectivity index (χ1) is 23.3. The molecule has 0 saturated heterocycles. The predicted octanol–water partition coefficient (Wildman–Crippen LogP) is 7.43. The Hall–Kier alpha value is -0.280. The van der Waals surface area contributed by atoms with E-state index in [0.717, 1.165) is 52.0 Å². The van der Waals surface area contributed by atoms with Crippen LogP contribution in [0.25, 0.3) is 0 Å². The van der Waals surface area contributed by atoms with Gasteiger partial charge in [0.05, 0.1) is 18.3 Å². The minimum atomic E-state index is 0.183. The first kappa shape index (κ1) is 40.5. The van der Waals surface area contributed by atoms with Crippen LogP contribution in [0.15, 0.2) is 0 Å². The Balaban J connectivity index is 1.46. The second kappa shape index (κ2) is 20.7. The topological polar surface area (TPSA) is 118 Å². The average molecular weight is 677 g/mol. The Kier molecular flexibility index (Phi) is 17.4. The van der Waals surface area contributed by atoms with E-state index in [1.807, 2.05) is 0 Å². The van der Waals surface area contributed by atoms with Crippen LogP contribution in [0.2, 0.25) is 0 Å². The monoisotopic (exact) mass is 677 g/mol. The molecular formula is C41H80N4O3. The molecule has 4 aliphatic carbocycles. The summed E-state index contributed by atoms with van der Waals surface area (Å²) >= 11 is 0. The maximum atomic E-state index is 7.03. The molecule has 4 saturated carbocycles. The molecular weight excluding hydrogens is 596 g/mol. The smallest absolute Gasteiger partial charge is 0.0637 e. The molecule has 0 aromatic heterocycles. The van der Waals surface area contributed by atoms with E-state index in [-0.39, 0.29) is 5.41 Å². The van der Waals surface area contributed by atoms with Crippen LogP contribution in [0.5, 0.6) is 0 Å². The summed E-state index contributed by atoms with van der Waals surface area (Å²) in [7, 11) is 0. The van der Waals surface area contributed by atoms with Crippen LogP contribution in [-0.2, 0) is 14.2 Å². The van der Waals surface area contributed by atoms with Gasteiger partial charge in [-0.3, -0.25) is 0 Å². The fourth-order valence-corrected chi connectivity index (χ4v) is 11.5. The van der Waals surface area contributed by atoms with E-state index in [4.69, 9.17) is 31.4 Å². The van der Waals surface area contributed by atoms with Gasteiger partial charge in [0.2, 0.25) is 0 Å². The second-order valence-electron chi connectivity index (χ2n) is 17.1. The van der Waals surface area contributed by atoms with Crippen molar-refractivity contribution in [2.24, 2.45) is 63.5 Å². The number of nitrogens with one attached hydrogen (secondary N) is 1. The van der Waals surface area contributed by atoms with Crippen LogP contribution in [0.4, 0.5) is 0 Å². The van der Waals surface area contributed by atoms with Crippen molar-refractivity contribution in [1.82, 2.24) is 5.32 Å². The van der Waals surface area contributed by atoms with Crippen LogP contribution in [-0.4, -0.2) is 70.9 Å². The molecule has 4 aliphatic rings. The second-order valence-corrected chi connectivity index (χ2v) is 17.1. The summed E-state index contributed by atoms with van der Waals surface area (Å²) in [6.07, 6.45) is 23.2. The first-order valence-corrected chi connectivity index (χ1v) is 21.0. The molecule has 282 valence electrons. The SMILES string of the molecule is CCCCCCCCNCCC[C@@H](C)C1CC[C@H]2C3[C@H](OCCCN)CC4C[C@H](OCCCN)CC[C@]4(C)[C@H]3C[C@H](OCCCN)[C@]12C. The third-order valence-corrected chi connectivity index (χ3v) is 14.2. The predicted molar refractivity (Wildman–Crippen MR) is 201 cm³/mol. The zero-order valence-corrected chi connectivity index (χ0v) is 32.0. The molecule has 7 N–H and O–H groups in total. The van der Waals surface area contributed by atoms with Gasteiger partial charge in [-0.15, -0.1) is 0 Å². The molecule has 3 unspecified atom stereocenters. The Morgan fingerprint density at radius 3 is 2.10 bits per heavy atom. The molecule has 7 nitrogen and oxygen atoms in total. The Morgan fingerprint density at radius 1 is 0.708 bits per heavy atom. The van der Waals surface area contributed by atoms with Gasteiger partial charge in [-0.05, 0) is 157 Å². The quantitative estimate of drug-likeness (QED) is 0.0786. The molecule has 0 aliphatic heterocycles. The maximum absolute atomic E-state index is 7.03. The largest absolute Gasteiger partial charge is 0.378 e. The van der Waals surface area contributed by atoms with Gasteiger partial charge in [0.25, 0.3) is 0 Å². The molecule has 0 heterocycles. The molecule has 11 atom stereocenters. The van der Waals surface area contributed by atoms with Crippen LogP contribution in [0, 0.1) is 46.3 Å². The van der Waals surface area contributed by atoms with Gasteiger partial charge in [-0.1, -0.05) is 59.8 Å². The van der Waals surface area contributed by atoms with E-state index < -0.39 is 0 Å².